The van der Waals surface area contributed by atoms with Crippen molar-refractivity contribution in [2.45, 2.75) is 66.7 Å². The summed E-state index contributed by atoms with van der Waals surface area (Å²) in [6, 6.07) is 0. The summed E-state index contributed by atoms with van der Waals surface area (Å²) in [7, 11) is 0. The van der Waals surface area contributed by atoms with E-state index in [1.54, 1.807) is 0 Å². The summed E-state index contributed by atoms with van der Waals surface area (Å²) in [5.74, 6) is 1.000. The second-order valence-corrected chi connectivity index (χ2v) is 4.35. The zero-order chi connectivity index (χ0) is 9.61. The Morgan fingerprint density at radius 1 is 1.17 bits per heavy atom. The largest absolute Gasteiger partial charge is 0.0683 e. The average molecular weight is 170 g/mol. The maximum Gasteiger partial charge on any atom is -0.0328 e. The van der Waals surface area contributed by atoms with Gasteiger partial charge in [0.2, 0.25) is 0 Å². The van der Waals surface area contributed by atoms with Gasteiger partial charge in [-0.05, 0) is 24.2 Å². The van der Waals surface area contributed by atoms with Gasteiger partial charge in [0.25, 0.3) is 0 Å². The Hall–Kier alpha value is 0. The molecule has 0 atom stereocenters. The van der Waals surface area contributed by atoms with Gasteiger partial charge in [-0.25, -0.2) is 0 Å². The average Bonchev–Trinajstić information content (AvgIpc) is 2.14. The molecule has 0 heterocycles. The fraction of sp³-hybridized carbons (Fsp3) is 1.00. The van der Waals surface area contributed by atoms with Crippen LogP contribution in [0.5, 0.6) is 0 Å². The summed E-state index contributed by atoms with van der Waals surface area (Å²) < 4.78 is 0. The topological polar surface area (TPSA) is 0 Å². The quantitative estimate of drug-likeness (QED) is 0.538. The van der Waals surface area contributed by atoms with Gasteiger partial charge >= 0.3 is 0 Å². The van der Waals surface area contributed by atoms with Gasteiger partial charge in [0.15, 0.2) is 0 Å². The minimum Gasteiger partial charge on any atom is -0.0683 e. The van der Waals surface area contributed by atoms with E-state index in [1.807, 2.05) is 13.8 Å². The van der Waals surface area contributed by atoms with Gasteiger partial charge in [-0.3, -0.25) is 0 Å². The SMILES string of the molecule is CC.CCC1(C)CCC(C)CC1. The first kappa shape index (κ1) is 12.0. The van der Waals surface area contributed by atoms with Crippen LogP contribution in [-0.2, 0) is 0 Å². The molecule has 0 amide bonds. The maximum absolute atomic E-state index is 2.44. The van der Waals surface area contributed by atoms with E-state index >= 15 is 0 Å². The van der Waals surface area contributed by atoms with E-state index in [0.717, 1.165) is 5.92 Å². The summed E-state index contributed by atoms with van der Waals surface area (Å²) in [5.41, 5.74) is 0.701. The third kappa shape index (κ3) is 3.60. The molecule has 0 aliphatic heterocycles. The predicted octanol–water partition coefficient (Wildman–Crippen LogP) is 4.64. The zero-order valence-corrected chi connectivity index (χ0v) is 9.61. The molecule has 0 radical (unpaired) electrons. The Kier molecular flexibility index (Phi) is 5.61. The van der Waals surface area contributed by atoms with Crippen molar-refractivity contribution in [3.05, 3.63) is 0 Å². The number of hydrogen-bond donors (Lipinski definition) is 0. The van der Waals surface area contributed by atoms with Crippen molar-refractivity contribution in [1.82, 2.24) is 0 Å². The highest BCUT2D eigenvalue weighted by atomic mass is 14.3. The molecule has 1 saturated carbocycles. The third-order valence-electron chi connectivity index (χ3n) is 3.33. The molecule has 74 valence electrons. The van der Waals surface area contributed by atoms with E-state index in [9.17, 15) is 0 Å². The molecule has 0 aromatic rings. The Balaban J connectivity index is 0.000000561. The monoisotopic (exact) mass is 170 g/mol. The van der Waals surface area contributed by atoms with E-state index < -0.39 is 0 Å². The molecule has 0 N–H and O–H groups in total. The fourth-order valence-electron chi connectivity index (χ4n) is 1.81. The summed E-state index contributed by atoms with van der Waals surface area (Å²) in [4.78, 5) is 0. The van der Waals surface area contributed by atoms with Gasteiger partial charge in [-0.1, -0.05) is 53.9 Å². The summed E-state index contributed by atoms with van der Waals surface area (Å²) in [6.07, 6.45) is 7.23. The van der Waals surface area contributed by atoms with Crippen LogP contribution in [0.15, 0.2) is 0 Å². The molecule has 0 bridgehead atoms. The van der Waals surface area contributed by atoms with Crippen LogP contribution in [0.2, 0.25) is 0 Å². The number of rotatable bonds is 1. The third-order valence-corrected chi connectivity index (χ3v) is 3.33. The van der Waals surface area contributed by atoms with E-state index in [0.29, 0.717) is 5.41 Å². The fourth-order valence-corrected chi connectivity index (χ4v) is 1.81. The molecule has 0 aromatic carbocycles. The minimum absolute atomic E-state index is 0.701. The molecule has 0 unspecified atom stereocenters. The summed E-state index contributed by atoms with van der Waals surface area (Å²) in [5, 5.41) is 0. The molecule has 0 heteroatoms. The molecule has 0 spiro atoms. The van der Waals surface area contributed by atoms with Gasteiger partial charge in [0, 0.05) is 0 Å². The van der Waals surface area contributed by atoms with Crippen LogP contribution in [-0.4, -0.2) is 0 Å². The first-order chi connectivity index (χ1) is 5.66. The lowest BCUT2D eigenvalue weighted by atomic mass is 9.71. The van der Waals surface area contributed by atoms with E-state index in [2.05, 4.69) is 20.8 Å². The summed E-state index contributed by atoms with van der Waals surface area (Å²) in [6.45, 7) is 11.2. The number of hydrogen-bond acceptors (Lipinski definition) is 0. The molecular weight excluding hydrogens is 144 g/mol. The predicted molar refractivity (Wildman–Crippen MR) is 57.4 cm³/mol. The molecule has 0 aromatic heterocycles. The van der Waals surface area contributed by atoms with Crippen LogP contribution < -0.4 is 0 Å². The highest BCUT2D eigenvalue weighted by Gasteiger charge is 2.27. The van der Waals surface area contributed by atoms with E-state index in [-0.39, 0.29) is 0 Å². The lowest BCUT2D eigenvalue weighted by molar-refractivity contribution is 0.172. The molecule has 12 heavy (non-hydrogen) atoms. The van der Waals surface area contributed by atoms with Gasteiger partial charge in [0.05, 0.1) is 0 Å². The Labute approximate surface area is 78.8 Å². The maximum atomic E-state index is 2.44. The molecule has 1 aliphatic carbocycles. The highest BCUT2D eigenvalue weighted by Crippen LogP contribution is 2.40. The highest BCUT2D eigenvalue weighted by molar-refractivity contribution is 4.79. The standard InChI is InChI=1S/C10H20.C2H6/c1-4-10(3)7-5-9(2)6-8-10;1-2/h9H,4-8H2,1-3H3;1-2H3. The minimum atomic E-state index is 0.701. The van der Waals surface area contributed by atoms with E-state index in [4.69, 9.17) is 0 Å². The van der Waals surface area contributed by atoms with Crippen LogP contribution in [0.25, 0.3) is 0 Å². The van der Waals surface area contributed by atoms with Gasteiger partial charge in [0.1, 0.15) is 0 Å². The van der Waals surface area contributed by atoms with Crippen molar-refractivity contribution in [3.8, 4) is 0 Å². The van der Waals surface area contributed by atoms with Gasteiger partial charge in [-0.15, -0.1) is 0 Å². The molecule has 0 saturated heterocycles. The van der Waals surface area contributed by atoms with Crippen molar-refractivity contribution in [2.75, 3.05) is 0 Å². The van der Waals surface area contributed by atoms with Crippen LogP contribution in [0.3, 0.4) is 0 Å². The van der Waals surface area contributed by atoms with Gasteiger partial charge in [-0.2, -0.15) is 0 Å². The first-order valence-corrected chi connectivity index (χ1v) is 5.66. The van der Waals surface area contributed by atoms with Crippen molar-refractivity contribution in [2.24, 2.45) is 11.3 Å². The second-order valence-electron chi connectivity index (χ2n) is 4.35. The first-order valence-electron chi connectivity index (χ1n) is 5.66. The molecule has 1 aliphatic rings. The van der Waals surface area contributed by atoms with Crippen LogP contribution in [0, 0.1) is 11.3 Å². The smallest absolute Gasteiger partial charge is 0.0328 e. The molecule has 1 fully saturated rings. The van der Waals surface area contributed by atoms with Crippen molar-refractivity contribution < 1.29 is 0 Å². The van der Waals surface area contributed by atoms with Crippen LogP contribution >= 0.6 is 0 Å². The Morgan fingerprint density at radius 2 is 1.58 bits per heavy atom. The van der Waals surface area contributed by atoms with Crippen LogP contribution in [0.4, 0.5) is 0 Å². The zero-order valence-electron chi connectivity index (χ0n) is 9.61. The normalized spacial score (nSPS) is 35.2. The Bertz CT molecular complexity index is 96.6. The molecular formula is C12H26. The van der Waals surface area contributed by atoms with Crippen LogP contribution in [0.1, 0.15) is 66.7 Å². The van der Waals surface area contributed by atoms with E-state index in [1.165, 1.54) is 32.1 Å². The second kappa shape index (κ2) is 5.61. The van der Waals surface area contributed by atoms with Crippen molar-refractivity contribution >= 4 is 0 Å². The molecule has 0 nitrogen and oxygen atoms in total. The lowest BCUT2D eigenvalue weighted by Gasteiger charge is -2.35. The lowest BCUT2D eigenvalue weighted by Crippen LogP contribution is -2.22. The van der Waals surface area contributed by atoms with Crippen molar-refractivity contribution in [3.63, 3.8) is 0 Å². The van der Waals surface area contributed by atoms with Crippen molar-refractivity contribution in [1.29, 1.82) is 0 Å². The van der Waals surface area contributed by atoms with Gasteiger partial charge < -0.3 is 0 Å². The molecule has 1 rings (SSSR count). The summed E-state index contributed by atoms with van der Waals surface area (Å²) >= 11 is 0. The Morgan fingerprint density at radius 3 is 1.92 bits per heavy atom.